The fraction of sp³-hybridized carbons (Fsp3) is 0.571. The van der Waals surface area contributed by atoms with Gasteiger partial charge in [-0.05, 0) is 38.4 Å². The van der Waals surface area contributed by atoms with Gasteiger partial charge in [-0.3, -0.25) is 9.69 Å². The average Bonchev–Trinajstić information content (AvgIpc) is 3.05. The van der Waals surface area contributed by atoms with E-state index in [4.69, 9.17) is 5.11 Å². The van der Waals surface area contributed by atoms with E-state index in [0.717, 1.165) is 37.4 Å². The van der Waals surface area contributed by atoms with Gasteiger partial charge in [0.2, 0.25) is 0 Å². The quantitative estimate of drug-likeness (QED) is 0.903. The molecule has 0 bridgehead atoms. The molecule has 0 saturated carbocycles. The molecule has 2 unspecified atom stereocenters. The number of fused-ring (bicyclic) bond motifs is 1. The summed E-state index contributed by atoms with van der Waals surface area (Å²) in [5.74, 6) is -0.996. The van der Waals surface area contributed by atoms with Crippen molar-refractivity contribution in [3.05, 3.63) is 21.9 Å². The minimum atomic E-state index is -0.970. The molecule has 3 rings (SSSR count). The zero-order chi connectivity index (χ0) is 14.3. The van der Waals surface area contributed by atoms with Crippen LogP contribution in [0.3, 0.4) is 0 Å². The Hall–Kier alpha value is -1.40. The highest BCUT2D eigenvalue weighted by molar-refractivity contribution is 7.15. The van der Waals surface area contributed by atoms with E-state index in [1.54, 1.807) is 6.07 Å². The molecule has 0 radical (unpaired) electrons. The largest absolute Gasteiger partial charge is 0.477 e. The third-order valence-electron chi connectivity index (χ3n) is 4.23. The maximum absolute atomic E-state index is 12.6. The number of piperazine rings is 1. The summed E-state index contributed by atoms with van der Waals surface area (Å²) in [7, 11) is 0. The van der Waals surface area contributed by atoms with Crippen LogP contribution in [0.25, 0.3) is 0 Å². The van der Waals surface area contributed by atoms with Crippen LogP contribution < -0.4 is 0 Å². The van der Waals surface area contributed by atoms with Crippen LogP contribution in [0.4, 0.5) is 0 Å². The number of carbonyl (C=O) groups excluding carboxylic acids is 1. The number of aromatic carboxylic acids is 1. The van der Waals surface area contributed by atoms with Gasteiger partial charge in [-0.25, -0.2) is 4.79 Å². The number of rotatable bonds is 2. The second-order valence-electron chi connectivity index (χ2n) is 5.57. The van der Waals surface area contributed by atoms with Gasteiger partial charge in [-0.1, -0.05) is 0 Å². The molecule has 2 fully saturated rings. The summed E-state index contributed by atoms with van der Waals surface area (Å²) in [5.41, 5.74) is 0. The van der Waals surface area contributed by atoms with Crippen molar-refractivity contribution in [3.8, 4) is 0 Å². The van der Waals surface area contributed by atoms with Gasteiger partial charge >= 0.3 is 5.97 Å². The first-order valence-electron chi connectivity index (χ1n) is 6.94. The van der Waals surface area contributed by atoms with Crippen molar-refractivity contribution in [2.45, 2.75) is 31.8 Å². The molecule has 5 nitrogen and oxygen atoms in total. The molecule has 2 atom stereocenters. The van der Waals surface area contributed by atoms with Crippen LogP contribution in [0.5, 0.6) is 0 Å². The summed E-state index contributed by atoms with van der Waals surface area (Å²) in [6.45, 7) is 4.89. The number of carboxylic acid groups (broad SMARTS) is 1. The molecule has 0 aliphatic carbocycles. The zero-order valence-corrected chi connectivity index (χ0v) is 12.2. The Balaban J connectivity index is 1.77. The molecule has 1 N–H and O–H groups in total. The predicted octanol–water partition coefficient (Wildman–Crippen LogP) is 1.76. The number of amides is 1. The lowest BCUT2D eigenvalue weighted by Gasteiger charge is -2.42. The smallest absolute Gasteiger partial charge is 0.345 e. The fourth-order valence-corrected chi connectivity index (χ4v) is 3.98. The van der Waals surface area contributed by atoms with Gasteiger partial charge in [0, 0.05) is 25.2 Å². The Morgan fingerprint density at radius 1 is 1.30 bits per heavy atom. The van der Waals surface area contributed by atoms with E-state index in [-0.39, 0.29) is 16.8 Å². The van der Waals surface area contributed by atoms with Gasteiger partial charge in [0.05, 0.1) is 4.88 Å². The van der Waals surface area contributed by atoms with Crippen molar-refractivity contribution >= 4 is 23.2 Å². The van der Waals surface area contributed by atoms with Crippen LogP contribution >= 0.6 is 11.3 Å². The van der Waals surface area contributed by atoms with Crippen molar-refractivity contribution < 1.29 is 14.7 Å². The summed E-state index contributed by atoms with van der Waals surface area (Å²) in [6, 6.07) is 3.81. The third kappa shape index (κ3) is 2.33. The first-order valence-corrected chi connectivity index (χ1v) is 7.76. The van der Waals surface area contributed by atoms with E-state index in [1.165, 1.54) is 12.5 Å². The van der Waals surface area contributed by atoms with Crippen molar-refractivity contribution in [2.24, 2.45) is 0 Å². The summed E-state index contributed by atoms with van der Waals surface area (Å²) >= 11 is 1.07. The van der Waals surface area contributed by atoms with Crippen molar-refractivity contribution in [1.82, 2.24) is 9.80 Å². The molecule has 3 heterocycles. The minimum absolute atomic E-state index is 0.0263. The Bertz CT molecular complexity index is 542. The Morgan fingerprint density at radius 2 is 2.05 bits per heavy atom. The predicted molar refractivity (Wildman–Crippen MR) is 76.4 cm³/mol. The van der Waals surface area contributed by atoms with E-state index in [9.17, 15) is 9.59 Å². The van der Waals surface area contributed by atoms with Crippen molar-refractivity contribution in [2.75, 3.05) is 19.6 Å². The molecule has 108 valence electrons. The SMILES string of the molecule is CC1CN2CCCC2CN1C(=O)c1ccc(C(=O)O)s1. The zero-order valence-electron chi connectivity index (χ0n) is 11.4. The molecular formula is C14H18N2O3S. The lowest BCUT2D eigenvalue weighted by Crippen LogP contribution is -2.56. The van der Waals surface area contributed by atoms with Crippen molar-refractivity contribution in [1.29, 1.82) is 0 Å². The van der Waals surface area contributed by atoms with Crippen LogP contribution in [0.15, 0.2) is 12.1 Å². The molecule has 2 aliphatic rings. The lowest BCUT2D eigenvalue weighted by molar-refractivity contribution is 0.0400. The normalized spacial score (nSPS) is 26.6. The topological polar surface area (TPSA) is 60.9 Å². The maximum Gasteiger partial charge on any atom is 0.345 e. The highest BCUT2D eigenvalue weighted by Gasteiger charge is 2.37. The van der Waals surface area contributed by atoms with Gasteiger partial charge < -0.3 is 10.0 Å². The van der Waals surface area contributed by atoms with E-state index in [0.29, 0.717) is 10.9 Å². The summed E-state index contributed by atoms with van der Waals surface area (Å²) in [4.78, 5) is 28.6. The summed E-state index contributed by atoms with van der Waals surface area (Å²) < 4.78 is 0. The van der Waals surface area contributed by atoms with E-state index in [2.05, 4.69) is 11.8 Å². The molecule has 2 aliphatic heterocycles. The minimum Gasteiger partial charge on any atom is -0.477 e. The number of nitrogens with zero attached hydrogens (tertiary/aromatic N) is 2. The number of hydrogen-bond donors (Lipinski definition) is 1. The number of hydrogen-bond acceptors (Lipinski definition) is 4. The highest BCUT2D eigenvalue weighted by Crippen LogP contribution is 2.27. The molecule has 1 aromatic heterocycles. The van der Waals surface area contributed by atoms with E-state index in [1.807, 2.05) is 4.90 Å². The third-order valence-corrected chi connectivity index (χ3v) is 5.29. The first kappa shape index (κ1) is 13.6. The maximum atomic E-state index is 12.6. The van der Waals surface area contributed by atoms with Crippen molar-refractivity contribution in [3.63, 3.8) is 0 Å². The molecule has 6 heteroatoms. The molecule has 0 aromatic carbocycles. The van der Waals surface area contributed by atoms with Gasteiger partial charge in [-0.15, -0.1) is 11.3 Å². The van der Waals surface area contributed by atoms with Gasteiger partial charge in [0.25, 0.3) is 5.91 Å². The fourth-order valence-electron chi connectivity index (χ4n) is 3.18. The van der Waals surface area contributed by atoms with Gasteiger partial charge in [0.1, 0.15) is 4.88 Å². The van der Waals surface area contributed by atoms with Gasteiger partial charge in [-0.2, -0.15) is 0 Å². The van der Waals surface area contributed by atoms with Crippen LogP contribution in [0.1, 0.15) is 39.1 Å². The van der Waals surface area contributed by atoms with E-state index >= 15 is 0 Å². The van der Waals surface area contributed by atoms with Crippen LogP contribution in [-0.4, -0.2) is 58.5 Å². The summed E-state index contributed by atoms with van der Waals surface area (Å²) in [6.07, 6.45) is 2.36. The Kier molecular flexibility index (Phi) is 3.52. The lowest BCUT2D eigenvalue weighted by atomic mass is 10.1. The van der Waals surface area contributed by atoms with Crippen LogP contribution in [0.2, 0.25) is 0 Å². The van der Waals surface area contributed by atoms with Crippen LogP contribution in [0, 0.1) is 0 Å². The standard InChI is InChI=1S/C14H18N2O3S/c1-9-7-15-6-2-3-10(15)8-16(9)13(17)11-4-5-12(20-11)14(18)19/h4-5,9-10H,2-3,6-8H2,1H3,(H,18,19). The average molecular weight is 294 g/mol. The summed E-state index contributed by atoms with van der Waals surface area (Å²) in [5, 5.41) is 8.94. The molecular weight excluding hydrogens is 276 g/mol. The molecule has 1 amide bonds. The van der Waals surface area contributed by atoms with Crippen LogP contribution in [-0.2, 0) is 0 Å². The second kappa shape index (κ2) is 5.18. The molecule has 2 saturated heterocycles. The second-order valence-corrected chi connectivity index (χ2v) is 6.65. The van der Waals surface area contributed by atoms with E-state index < -0.39 is 5.97 Å². The Labute approximate surface area is 121 Å². The molecule has 20 heavy (non-hydrogen) atoms. The number of carboxylic acids is 1. The van der Waals surface area contributed by atoms with Gasteiger partial charge in [0.15, 0.2) is 0 Å². The Morgan fingerprint density at radius 3 is 2.75 bits per heavy atom. The first-order chi connectivity index (χ1) is 9.56. The monoisotopic (exact) mass is 294 g/mol. The highest BCUT2D eigenvalue weighted by atomic mass is 32.1. The molecule has 1 aromatic rings. The number of thiophene rings is 1. The number of carbonyl (C=O) groups is 2. The molecule has 0 spiro atoms.